The molecule has 0 aromatic heterocycles. The minimum atomic E-state index is -0.0893. The third kappa shape index (κ3) is 5.59. The molecule has 1 aliphatic rings. The van der Waals surface area contributed by atoms with Gasteiger partial charge < -0.3 is 16.0 Å². The fourth-order valence-electron chi connectivity index (χ4n) is 2.31. The van der Waals surface area contributed by atoms with Crippen LogP contribution in [-0.4, -0.2) is 42.4 Å². The molecule has 1 fully saturated rings. The van der Waals surface area contributed by atoms with Crippen molar-refractivity contribution in [2.24, 2.45) is 17.6 Å². The van der Waals surface area contributed by atoms with Crippen LogP contribution in [0, 0.1) is 11.8 Å². The van der Waals surface area contributed by atoms with Gasteiger partial charge in [0, 0.05) is 38.0 Å². The van der Waals surface area contributed by atoms with Crippen LogP contribution < -0.4 is 11.1 Å². The normalized spacial score (nSPS) is 21.3. The van der Waals surface area contributed by atoms with Gasteiger partial charge in [-0.2, -0.15) is 0 Å². The second-order valence-corrected chi connectivity index (χ2v) is 5.93. The first-order valence-electron chi connectivity index (χ1n) is 7.21. The molecule has 1 rings (SSSR count). The predicted molar refractivity (Wildman–Crippen MR) is 75.4 cm³/mol. The zero-order valence-corrected chi connectivity index (χ0v) is 12.3. The molecule has 0 saturated carbocycles. The van der Waals surface area contributed by atoms with Crippen LogP contribution in [-0.2, 0) is 9.59 Å². The number of hydrogen-bond donors (Lipinski definition) is 2. The lowest BCUT2D eigenvalue weighted by molar-refractivity contribution is -0.133. The SMILES string of the molecule is CC(N)CC(=O)N1CCCC(CNC(=O)C(C)C)C1. The van der Waals surface area contributed by atoms with Crippen molar-refractivity contribution in [3.05, 3.63) is 0 Å². The summed E-state index contributed by atoms with van der Waals surface area (Å²) in [6, 6.07) is -0.0893. The first-order valence-corrected chi connectivity index (χ1v) is 7.21. The van der Waals surface area contributed by atoms with Crippen molar-refractivity contribution in [3.63, 3.8) is 0 Å². The highest BCUT2D eigenvalue weighted by molar-refractivity contribution is 5.78. The van der Waals surface area contributed by atoms with Crippen molar-refractivity contribution in [2.45, 2.75) is 46.1 Å². The van der Waals surface area contributed by atoms with Crippen LogP contribution in [0.3, 0.4) is 0 Å². The zero-order chi connectivity index (χ0) is 14.4. The molecule has 3 N–H and O–H groups in total. The maximum atomic E-state index is 12.0. The molecular weight excluding hydrogens is 242 g/mol. The molecule has 0 aromatic carbocycles. The van der Waals surface area contributed by atoms with Crippen LogP contribution in [0.5, 0.6) is 0 Å². The van der Waals surface area contributed by atoms with Crippen molar-refractivity contribution in [1.82, 2.24) is 10.2 Å². The van der Waals surface area contributed by atoms with E-state index in [0.29, 0.717) is 18.9 Å². The summed E-state index contributed by atoms with van der Waals surface area (Å²) >= 11 is 0. The van der Waals surface area contributed by atoms with E-state index in [0.717, 1.165) is 25.9 Å². The summed E-state index contributed by atoms with van der Waals surface area (Å²) in [6.45, 7) is 7.84. The average Bonchev–Trinajstić information content (AvgIpc) is 2.35. The van der Waals surface area contributed by atoms with Crippen LogP contribution in [0.2, 0.25) is 0 Å². The third-order valence-electron chi connectivity index (χ3n) is 3.46. The van der Waals surface area contributed by atoms with Crippen LogP contribution in [0.1, 0.15) is 40.0 Å². The molecule has 5 nitrogen and oxygen atoms in total. The number of nitrogens with two attached hydrogens (primary N) is 1. The van der Waals surface area contributed by atoms with Crippen LogP contribution in [0.4, 0.5) is 0 Å². The number of rotatable bonds is 5. The van der Waals surface area contributed by atoms with Gasteiger partial charge >= 0.3 is 0 Å². The Kier molecular flexibility index (Phi) is 6.28. The summed E-state index contributed by atoms with van der Waals surface area (Å²) in [6.07, 6.45) is 2.48. The Balaban J connectivity index is 2.37. The minimum absolute atomic E-state index is 0.0133. The number of carbonyl (C=O) groups is 2. The largest absolute Gasteiger partial charge is 0.356 e. The second-order valence-electron chi connectivity index (χ2n) is 5.93. The van der Waals surface area contributed by atoms with Crippen molar-refractivity contribution in [1.29, 1.82) is 0 Å². The maximum absolute atomic E-state index is 12.0. The monoisotopic (exact) mass is 269 g/mol. The lowest BCUT2D eigenvalue weighted by Gasteiger charge is -2.33. The molecule has 5 heteroatoms. The molecule has 1 heterocycles. The van der Waals surface area contributed by atoms with Gasteiger partial charge in [-0.1, -0.05) is 13.8 Å². The predicted octanol–water partition coefficient (Wildman–Crippen LogP) is 0.734. The summed E-state index contributed by atoms with van der Waals surface area (Å²) < 4.78 is 0. The Morgan fingerprint density at radius 3 is 2.63 bits per heavy atom. The van der Waals surface area contributed by atoms with Gasteiger partial charge in [0.05, 0.1) is 0 Å². The minimum Gasteiger partial charge on any atom is -0.356 e. The van der Waals surface area contributed by atoms with E-state index in [2.05, 4.69) is 5.32 Å². The highest BCUT2D eigenvalue weighted by Crippen LogP contribution is 2.17. The van der Waals surface area contributed by atoms with E-state index in [1.54, 1.807) is 0 Å². The number of carbonyl (C=O) groups excluding carboxylic acids is 2. The van der Waals surface area contributed by atoms with Gasteiger partial charge in [-0.25, -0.2) is 0 Å². The van der Waals surface area contributed by atoms with Crippen LogP contribution >= 0.6 is 0 Å². The molecule has 2 amide bonds. The standard InChI is InChI=1S/C14H27N3O2/c1-10(2)14(19)16-8-12-5-4-6-17(9-12)13(18)7-11(3)15/h10-12H,4-9,15H2,1-3H3,(H,16,19). The summed E-state index contributed by atoms with van der Waals surface area (Å²) in [7, 11) is 0. The van der Waals surface area contributed by atoms with Gasteiger partial charge in [0.15, 0.2) is 0 Å². The van der Waals surface area contributed by atoms with Gasteiger partial charge in [-0.3, -0.25) is 9.59 Å². The van der Waals surface area contributed by atoms with Gasteiger partial charge in [0.1, 0.15) is 0 Å². The summed E-state index contributed by atoms with van der Waals surface area (Å²) in [5.41, 5.74) is 5.66. The van der Waals surface area contributed by atoms with Crippen molar-refractivity contribution in [3.8, 4) is 0 Å². The first-order chi connectivity index (χ1) is 8.90. The van der Waals surface area contributed by atoms with E-state index in [-0.39, 0.29) is 23.8 Å². The Labute approximate surface area is 115 Å². The Hall–Kier alpha value is -1.10. The maximum Gasteiger partial charge on any atom is 0.224 e. The number of amides is 2. The average molecular weight is 269 g/mol. The number of nitrogens with zero attached hydrogens (tertiary/aromatic N) is 1. The number of piperidine rings is 1. The zero-order valence-electron chi connectivity index (χ0n) is 12.3. The molecule has 0 aromatic rings. The number of hydrogen-bond acceptors (Lipinski definition) is 3. The van der Waals surface area contributed by atoms with Gasteiger partial charge in [-0.05, 0) is 25.7 Å². The molecule has 1 saturated heterocycles. The molecule has 2 atom stereocenters. The topological polar surface area (TPSA) is 75.4 Å². The summed E-state index contributed by atoms with van der Waals surface area (Å²) in [5.74, 6) is 0.599. The smallest absolute Gasteiger partial charge is 0.224 e. The quantitative estimate of drug-likeness (QED) is 0.773. The first kappa shape index (κ1) is 16.0. The highest BCUT2D eigenvalue weighted by Gasteiger charge is 2.24. The molecule has 19 heavy (non-hydrogen) atoms. The number of likely N-dealkylation sites (tertiary alicyclic amines) is 1. The molecule has 0 aliphatic carbocycles. The van der Waals surface area contributed by atoms with Crippen molar-refractivity contribution in [2.75, 3.05) is 19.6 Å². The molecule has 110 valence electrons. The fraction of sp³-hybridized carbons (Fsp3) is 0.857. The molecule has 1 aliphatic heterocycles. The lowest BCUT2D eigenvalue weighted by Crippen LogP contribution is -2.45. The summed E-state index contributed by atoms with van der Waals surface area (Å²) in [5, 5.41) is 2.95. The van der Waals surface area contributed by atoms with Crippen molar-refractivity contribution < 1.29 is 9.59 Å². The van der Waals surface area contributed by atoms with E-state index in [4.69, 9.17) is 5.73 Å². The van der Waals surface area contributed by atoms with E-state index in [1.807, 2.05) is 25.7 Å². The Morgan fingerprint density at radius 2 is 2.05 bits per heavy atom. The molecule has 0 bridgehead atoms. The summed E-state index contributed by atoms with van der Waals surface area (Å²) in [4.78, 5) is 25.4. The van der Waals surface area contributed by atoms with Crippen LogP contribution in [0.25, 0.3) is 0 Å². The van der Waals surface area contributed by atoms with E-state index < -0.39 is 0 Å². The molecular formula is C14H27N3O2. The highest BCUT2D eigenvalue weighted by atomic mass is 16.2. The van der Waals surface area contributed by atoms with E-state index >= 15 is 0 Å². The van der Waals surface area contributed by atoms with Gasteiger partial charge in [-0.15, -0.1) is 0 Å². The Bertz CT molecular complexity index is 316. The molecule has 2 unspecified atom stereocenters. The molecule has 0 spiro atoms. The van der Waals surface area contributed by atoms with Crippen molar-refractivity contribution >= 4 is 11.8 Å². The third-order valence-corrected chi connectivity index (χ3v) is 3.46. The molecule has 0 radical (unpaired) electrons. The van der Waals surface area contributed by atoms with Crippen LogP contribution in [0.15, 0.2) is 0 Å². The van der Waals surface area contributed by atoms with E-state index in [1.165, 1.54) is 0 Å². The van der Waals surface area contributed by atoms with Gasteiger partial charge in [0.25, 0.3) is 0 Å². The fourth-order valence-corrected chi connectivity index (χ4v) is 2.31. The van der Waals surface area contributed by atoms with Gasteiger partial charge in [0.2, 0.25) is 11.8 Å². The lowest BCUT2D eigenvalue weighted by atomic mass is 9.97. The second kappa shape index (κ2) is 7.48. The van der Waals surface area contributed by atoms with E-state index in [9.17, 15) is 9.59 Å². The number of nitrogens with one attached hydrogen (secondary N) is 1. The Morgan fingerprint density at radius 1 is 1.37 bits per heavy atom.